The Kier molecular flexibility index (Phi) is 4.23. The van der Waals surface area contributed by atoms with Crippen LogP contribution in [0.3, 0.4) is 0 Å². The minimum Gasteiger partial charge on any atom is -0.319 e. The van der Waals surface area contributed by atoms with Crippen LogP contribution >= 0.6 is 15.9 Å². The number of rotatable bonds is 4. The first-order valence-corrected chi connectivity index (χ1v) is 6.31. The Morgan fingerprint density at radius 2 is 1.88 bits per heavy atom. The van der Waals surface area contributed by atoms with Gasteiger partial charge in [-0.25, -0.2) is 9.97 Å². The highest BCUT2D eigenvalue weighted by atomic mass is 79.9. The van der Waals surface area contributed by atoms with Crippen molar-refractivity contribution >= 4 is 15.9 Å². The molecule has 88 valence electrons. The molecular weight excluding hydrogens is 278 g/mol. The summed E-state index contributed by atoms with van der Waals surface area (Å²) in [4.78, 5) is 8.72. The lowest BCUT2D eigenvalue weighted by atomic mass is 10.1. The Bertz CT molecular complexity index is 482. The summed E-state index contributed by atoms with van der Waals surface area (Å²) in [5.41, 5.74) is 2.15. The zero-order valence-corrected chi connectivity index (χ0v) is 11.2. The second kappa shape index (κ2) is 5.89. The zero-order valence-electron chi connectivity index (χ0n) is 9.65. The molecule has 17 heavy (non-hydrogen) atoms. The van der Waals surface area contributed by atoms with Gasteiger partial charge in [0.1, 0.15) is 5.82 Å². The minimum absolute atomic E-state index is 0.854. The molecule has 3 nitrogen and oxygen atoms in total. The summed E-state index contributed by atoms with van der Waals surface area (Å²) in [7, 11) is 1.93. The Balaban J connectivity index is 2.21. The summed E-state index contributed by atoms with van der Waals surface area (Å²) in [6.45, 7) is 0.897. The molecule has 0 atom stereocenters. The van der Waals surface area contributed by atoms with Crippen molar-refractivity contribution in [1.82, 2.24) is 15.3 Å². The molecule has 0 radical (unpaired) electrons. The van der Waals surface area contributed by atoms with E-state index in [1.165, 1.54) is 0 Å². The maximum Gasteiger partial charge on any atom is 0.129 e. The van der Waals surface area contributed by atoms with Gasteiger partial charge < -0.3 is 5.32 Å². The van der Waals surface area contributed by atoms with E-state index in [-0.39, 0.29) is 0 Å². The van der Waals surface area contributed by atoms with Gasteiger partial charge in [0.05, 0.1) is 0 Å². The average Bonchev–Trinajstić information content (AvgIpc) is 2.38. The first kappa shape index (κ1) is 12.2. The van der Waals surface area contributed by atoms with E-state index < -0.39 is 0 Å². The number of hydrogen-bond acceptors (Lipinski definition) is 3. The van der Waals surface area contributed by atoms with Crippen molar-refractivity contribution in [2.45, 2.75) is 6.42 Å². The predicted octanol–water partition coefficient (Wildman–Crippen LogP) is 2.67. The first-order valence-electron chi connectivity index (χ1n) is 5.51. The van der Waals surface area contributed by atoms with Crippen LogP contribution < -0.4 is 5.32 Å². The SMILES string of the molecule is CNCCc1ncc(-c2ccccc2Br)cn1. The Morgan fingerprint density at radius 1 is 1.18 bits per heavy atom. The molecule has 0 bridgehead atoms. The summed E-state index contributed by atoms with van der Waals surface area (Å²) in [5, 5.41) is 3.08. The molecule has 0 unspecified atom stereocenters. The minimum atomic E-state index is 0.854. The van der Waals surface area contributed by atoms with Gasteiger partial charge in [0.2, 0.25) is 0 Å². The van der Waals surface area contributed by atoms with E-state index in [1.54, 1.807) is 0 Å². The molecule has 1 heterocycles. The molecule has 1 aromatic heterocycles. The summed E-state index contributed by atoms with van der Waals surface area (Å²) < 4.78 is 1.06. The molecule has 0 aliphatic carbocycles. The second-order valence-electron chi connectivity index (χ2n) is 3.72. The van der Waals surface area contributed by atoms with Gasteiger partial charge in [-0.1, -0.05) is 34.1 Å². The number of likely N-dealkylation sites (N-methyl/N-ethyl adjacent to an activating group) is 1. The van der Waals surface area contributed by atoms with E-state index in [2.05, 4.69) is 37.3 Å². The molecule has 0 saturated heterocycles. The molecular formula is C13H14BrN3. The van der Waals surface area contributed by atoms with E-state index in [0.717, 1.165) is 34.4 Å². The monoisotopic (exact) mass is 291 g/mol. The van der Waals surface area contributed by atoms with Crippen LogP contribution in [0.1, 0.15) is 5.82 Å². The number of nitrogens with one attached hydrogen (secondary N) is 1. The van der Waals surface area contributed by atoms with Gasteiger partial charge in [-0.3, -0.25) is 0 Å². The fraction of sp³-hybridized carbons (Fsp3) is 0.231. The smallest absolute Gasteiger partial charge is 0.129 e. The summed E-state index contributed by atoms with van der Waals surface area (Å²) in [6.07, 6.45) is 4.60. The van der Waals surface area contributed by atoms with Gasteiger partial charge in [0.25, 0.3) is 0 Å². The van der Waals surface area contributed by atoms with Crippen molar-refractivity contribution in [1.29, 1.82) is 0 Å². The normalized spacial score (nSPS) is 10.5. The van der Waals surface area contributed by atoms with Crippen molar-refractivity contribution in [3.63, 3.8) is 0 Å². The molecule has 0 aliphatic rings. The lowest BCUT2D eigenvalue weighted by Crippen LogP contribution is -2.12. The third-order valence-corrected chi connectivity index (χ3v) is 3.18. The van der Waals surface area contributed by atoms with Gasteiger partial charge in [0.15, 0.2) is 0 Å². The number of aromatic nitrogens is 2. The Labute approximate surface area is 109 Å². The van der Waals surface area contributed by atoms with E-state index in [1.807, 2.05) is 37.6 Å². The van der Waals surface area contributed by atoms with Crippen LogP contribution in [0.15, 0.2) is 41.1 Å². The molecule has 0 aliphatic heterocycles. The van der Waals surface area contributed by atoms with Crippen LogP contribution in [0.2, 0.25) is 0 Å². The number of halogens is 1. The zero-order chi connectivity index (χ0) is 12.1. The topological polar surface area (TPSA) is 37.8 Å². The molecule has 0 fully saturated rings. The molecule has 0 spiro atoms. The summed E-state index contributed by atoms with van der Waals surface area (Å²) in [6, 6.07) is 8.07. The molecule has 1 aromatic carbocycles. The van der Waals surface area contributed by atoms with Gasteiger partial charge in [-0.2, -0.15) is 0 Å². The van der Waals surface area contributed by atoms with Crippen LogP contribution in [0.5, 0.6) is 0 Å². The van der Waals surface area contributed by atoms with Crippen molar-refractivity contribution in [2.24, 2.45) is 0 Å². The fourth-order valence-corrected chi connectivity index (χ4v) is 2.07. The lowest BCUT2D eigenvalue weighted by molar-refractivity contribution is 0.755. The average molecular weight is 292 g/mol. The summed E-state index contributed by atoms with van der Waals surface area (Å²) in [5.74, 6) is 0.871. The molecule has 1 N–H and O–H groups in total. The van der Waals surface area contributed by atoms with Gasteiger partial charge in [-0.15, -0.1) is 0 Å². The number of benzene rings is 1. The van der Waals surface area contributed by atoms with E-state index in [4.69, 9.17) is 0 Å². The van der Waals surface area contributed by atoms with Gasteiger partial charge in [-0.05, 0) is 18.7 Å². The first-order chi connectivity index (χ1) is 8.31. The maximum absolute atomic E-state index is 4.36. The van der Waals surface area contributed by atoms with Crippen molar-refractivity contribution in [2.75, 3.05) is 13.6 Å². The highest BCUT2D eigenvalue weighted by Gasteiger charge is 2.03. The van der Waals surface area contributed by atoms with Crippen molar-refractivity contribution < 1.29 is 0 Å². The van der Waals surface area contributed by atoms with Crippen molar-refractivity contribution in [3.05, 3.63) is 47.0 Å². The molecule has 4 heteroatoms. The molecule has 2 aromatic rings. The van der Waals surface area contributed by atoms with Gasteiger partial charge in [0, 0.05) is 35.4 Å². The van der Waals surface area contributed by atoms with Crippen LogP contribution in [-0.4, -0.2) is 23.6 Å². The Morgan fingerprint density at radius 3 is 2.53 bits per heavy atom. The standard InChI is InChI=1S/C13H14BrN3/c1-15-7-6-13-16-8-10(9-17-13)11-4-2-3-5-12(11)14/h2-5,8-9,15H,6-7H2,1H3. The third-order valence-electron chi connectivity index (χ3n) is 2.49. The molecule has 0 saturated carbocycles. The predicted molar refractivity (Wildman–Crippen MR) is 72.8 cm³/mol. The maximum atomic E-state index is 4.36. The lowest BCUT2D eigenvalue weighted by Gasteiger charge is -2.04. The largest absolute Gasteiger partial charge is 0.319 e. The highest BCUT2D eigenvalue weighted by Crippen LogP contribution is 2.26. The quantitative estimate of drug-likeness (QED) is 0.941. The summed E-state index contributed by atoms with van der Waals surface area (Å²) >= 11 is 3.53. The van der Waals surface area contributed by atoms with Crippen LogP contribution in [-0.2, 0) is 6.42 Å². The van der Waals surface area contributed by atoms with Crippen molar-refractivity contribution in [3.8, 4) is 11.1 Å². The van der Waals surface area contributed by atoms with E-state index in [9.17, 15) is 0 Å². The van der Waals surface area contributed by atoms with Crippen LogP contribution in [0.25, 0.3) is 11.1 Å². The molecule has 0 amide bonds. The fourth-order valence-electron chi connectivity index (χ4n) is 1.56. The van der Waals surface area contributed by atoms with Crippen LogP contribution in [0, 0.1) is 0 Å². The highest BCUT2D eigenvalue weighted by molar-refractivity contribution is 9.10. The second-order valence-corrected chi connectivity index (χ2v) is 4.58. The van der Waals surface area contributed by atoms with E-state index in [0.29, 0.717) is 0 Å². The van der Waals surface area contributed by atoms with Gasteiger partial charge >= 0.3 is 0 Å². The number of hydrogen-bond donors (Lipinski definition) is 1. The van der Waals surface area contributed by atoms with E-state index >= 15 is 0 Å². The third kappa shape index (κ3) is 3.11. The van der Waals surface area contributed by atoms with Crippen LogP contribution in [0.4, 0.5) is 0 Å². The molecule has 2 rings (SSSR count). The Hall–Kier alpha value is -1.26. The number of nitrogens with zero attached hydrogens (tertiary/aromatic N) is 2.